The van der Waals surface area contributed by atoms with Crippen molar-refractivity contribution in [3.05, 3.63) is 77.2 Å². The van der Waals surface area contributed by atoms with E-state index < -0.39 is 38.0 Å². The Morgan fingerprint density at radius 2 is 1.86 bits per heavy atom. The zero-order chi connectivity index (χ0) is 25.7. The molecule has 2 N–H and O–H groups in total. The van der Waals surface area contributed by atoms with Crippen LogP contribution in [0.2, 0.25) is 0 Å². The van der Waals surface area contributed by atoms with Crippen molar-refractivity contribution in [2.75, 3.05) is 0 Å². The first-order valence-corrected chi connectivity index (χ1v) is 12.3. The minimum atomic E-state index is -3.02. The van der Waals surface area contributed by atoms with Gasteiger partial charge in [0.1, 0.15) is 18.0 Å². The van der Waals surface area contributed by atoms with Crippen LogP contribution in [0, 0.1) is 25.3 Å². The minimum Gasteiger partial charge on any atom is -0.387 e. The molecule has 0 radical (unpaired) electrons. The Labute approximate surface area is 204 Å². The summed E-state index contributed by atoms with van der Waals surface area (Å²) in [6.45, 7) is 5.49. The van der Waals surface area contributed by atoms with Crippen molar-refractivity contribution in [1.29, 1.82) is 0 Å². The number of pyridine rings is 1. The van der Waals surface area contributed by atoms with Crippen molar-refractivity contribution in [2.45, 2.75) is 44.9 Å². The molecule has 3 rings (SSSR count). The molecule has 0 saturated carbocycles. The summed E-state index contributed by atoms with van der Waals surface area (Å²) >= 11 is 0. The van der Waals surface area contributed by atoms with E-state index in [0.29, 0.717) is 33.6 Å². The number of aliphatic hydroxyl groups excluding tert-OH is 1. The van der Waals surface area contributed by atoms with Gasteiger partial charge in [-0.1, -0.05) is 56.7 Å². The van der Waals surface area contributed by atoms with E-state index in [1.165, 1.54) is 12.1 Å². The Kier molecular flexibility index (Phi) is 8.48. The number of hydrogen-bond donors (Lipinski definition) is 2. The molecule has 0 bridgehead atoms. The van der Waals surface area contributed by atoms with Crippen LogP contribution in [0.15, 0.2) is 54.6 Å². The molecule has 1 aromatic heterocycles. The molecule has 3 atom stereocenters. The number of carbonyl (C=O) groups excluding carboxylic acids is 1. The molecule has 3 unspecified atom stereocenters. The fourth-order valence-corrected chi connectivity index (χ4v) is 4.97. The Balaban J connectivity index is 2.35. The van der Waals surface area contributed by atoms with E-state index in [9.17, 15) is 23.7 Å². The molecule has 8 heteroatoms. The van der Waals surface area contributed by atoms with Gasteiger partial charge in [0, 0.05) is 11.1 Å². The lowest BCUT2D eigenvalue weighted by Gasteiger charge is -2.23. The SMILES string of the molecule is C#COC(=O)CC(O)C(c1c(-c2ccc(F)cc2C)cc(-c2ccccc2)nc1C(C)C)[P+](=O)O. The number of benzene rings is 2. The van der Waals surface area contributed by atoms with E-state index >= 15 is 0 Å². The van der Waals surface area contributed by atoms with Crippen LogP contribution in [-0.4, -0.2) is 27.1 Å². The fraction of sp³-hybridized carbons (Fsp3) is 0.259. The molecule has 0 aliphatic heterocycles. The molecular weight excluding hydrogens is 468 g/mol. The smallest absolute Gasteiger partial charge is 0.387 e. The van der Waals surface area contributed by atoms with Crippen molar-refractivity contribution >= 4 is 14.0 Å². The molecule has 0 spiro atoms. The second-order valence-corrected chi connectivity index (χ2v) is 9.61. The summed E-state index contributed by atoms with van der Waals surface area (Å²) in [7, 11) is -3.02. The normalized spacial score (nSPS) is 13.1. The summed E-state index contributed by atoms with van der Waals surface area (Å²) in [5.41, 5.74) is 2.60. The molecule has 3 aromatic rings. The van der Waals surface area contributed by atoms with Crippen LogP contribution in [0.1, 0.15) is 48.7 Å². The van der Waals surface area contributed by atoms with Gasteiger partial charge >= 0.3 is 14.0 Å². The van der Waals surface area contributed by atoms with Gasteiger partial charge in [0.15, 0.2) is 0 Å². The first kappa shape index (κ1) is 26.2. The molecule has 0 aliphatic rings. The molecule has 0 amide bonds. The number of carbonyl (C=O) groups is 1. The second kappa shape index (κ2) is 11.3. The molecule has 35 heavy (non-hydrogen) atoms. The highest BCUT2D eigenvalue weighted by atomic mass is 31.1. The molecule has 0 fully saturated rings. The largest absolute Gasteiger partial charge is 0.516 e. The monoisotopic (exact) mass is 494 g/mol. The Bertz CT molecular complexity index is 1290. The lowest BCUT2D eigenvalue weighted by molar-refractivity contribution is -0.139. The van der Waals surface area contributed by atoms with Crippen LogP contribution in [0.5, 0.6) is 0 Å². The average molecular weight is 494 g/mol. The highest BCUT2D eigenvalue weighted by Gasteiger charge is 2.44. The molecule has 0 aliphatic carbocycles. The van der Waals surface area contributed by atoms with Crippen molar-refractivity contribution < 1.29 is 28.5 Å². The lowest BCUT2D eigenvalue weighted by atomic mass is 9.87. The maximum Gasteiger partial charge on any atom is 0.516 e. The van der Waals surface area contributed by atoms with Gasteiger partial charge in [-0.05, 0) is 52.3 Å². The number of hydrogen-bond acceptors (Lipinski definition) is 5. The van der Waals surface area contributed by atoms with E-state index in [0.717, 1.165) is 5.56 Å². The van der Waals surface area contributed by atoms with Crippen LogP contribution in [0.3, 0.4) is 0 Å². The lowest BCUT2D eigenvalue weighted by Crippen LogP contribution is -2.23. The first-order valence-electron chi connectivity index (χ1n) is 11.0. The number of rotatable bonds is 8. The Hall–Kier alpha value is -3.43. The summed E-state index contributed by atoms with van der Waals surface area (Å²) < 4.78 is 31.1. The third-order valence-electron chi connectivity index (χ3n) is 5.63. The second-order valence-electron chi connectivity index (χ2n) is 8.44. The van der Waals surface area contributed by atoms with Gasteiger partial charge in [-0.25, -0.2) is 4.39 Å². The van der Waals surface area contributed by atoms with E-state index in [-0.39, 0.29) is 5.92 Å². The number of terminal acetylenes is 1. The third kappa shape index (κ3) is 5.98. The van der Waals surface area contributed by atoms with Crippen LogP contribution in [0.25, 0.3) is 22.4 Å². The summed E-state index contributed by atoms with van der Waals surface area (Å²) in [6, 6.07) is 15.4. The predicted molar refractivity (Wildman–Crippen MR) is 132 cm³/mol. The Morgan fingerprint density at radius 1 is 1.17 bits per heavy atom. The van der Waals surface area contributed by atoms with E-state index in [2.05, 4.69) is 4.74 Å². The summed E-state index contributed by atoms with van der Waals surface area (Å²) in [5.74, 6) is -1.53. The maximum atomic E-state index is 13.9. The molecule has 180 valence electrons. The van der Waals surface area contributed by atoms with Crippen molar-refractivity contribution in [3.8, 4) is 34.9 Å². The molecule has 2 aromatic carbocycles. The number of aromatic nitrogens is 1. The van der Waals surface area contributed by atoms with Gasteiger partial charge in [-0.2, -0.15) is 4.89 Å². The molecule has 1 heterocycles. The average Bonchev–Trinajstić information content (AvgIpc) is 2.79. The quantitative estimate of drug-likeness (QED) is 0.239. The highest BCUT2D eigenvalue weighted by molar-refractivity contribution is 7.38. The van der Waals surface area contributed by atoms with Crippen LogP contribution < -0.4 is 0 Å². The van der Waals surface area contributed by atoms with Gasteiger partial charge in [0.25, 0.3) is 0 Å². The van der Waals surface area contributed by atoms with Crippen molar-refractivity contribution in [3.63, 3.8) is 0 Å². The van der Waals surface area contributed by atoms with Crippen molar-refractivity contribution in [1.82, 2.24) is 4.98 Å². The fourth-order valence-electron chi connectivity index (χ4n) is 4.07. The van der Waals surface area contributed by atoms with Crippen LogP contribution in [-0.2, 0) is 14.1 Å². The highest BCUT2D eigenvalue weighted by Crippen LogP contribution is 2.49. The zero-order valence-electron chi connectivity index (χ0n) is 19.6. The first-order chi connectivity index (χ1) is 16.6. The zero-order valence-corrected chi connectivity index (χ0v) is 20.5. The van der Waals surface area contributed by atoms with Crippen LogP contribution in [0.4, 0.5) is 4.39 Å². The number of aryl methyl sites for hydroxylation is 1. The Morgan fingerprint density at radius 3 is 2.43 bits per heavy atom. The van der Waals surface area contributed by atoms with E-state index in [4.69, 9.17) is 11.4 Å². The van der Waals surface area contributed by atoms with Gasteiger partial charge in [-0.3, -0.25) is 9.78 Å². The predicted octanol–water partition coefficient (Wildman–Crippen LogP) is 5.65. The molecule has 0 saturated heterocycles. The van der Waals surface area contributed by atoms with Gasteiger partial charge in [0.2, 0.25) is 5.66 Å². The number of halogens is 1. The van der Waals surface area contributed by atoms with E-state index in [1.807, 2.05) is 44.2 Å². The maximum absolute atomic E-state index is 13.9. The van der Waals surface area contributed by atoms with Crippen molar-refractivity contribution in [2.24, 2.45) is 0 Å². The number of nitrogens with zero attached hydrogens (tertiary/aromatic N) is 1. The van der Waals surface area contributed by atoms with Gasteiger partial charge in [-0.15, -0.1) is 0 Å². The number of esters is 1. The molecule has 6 nitrogen and oxygen atoms in total. The standard InChI is InChI=1S/C27H25FNO5P/c1-5-34-24(31)15-23(30)27(35(32)33)25-21(20-12-11-19(28)13-17(20)4)14-22(29-26(25)16(2)3)18-9-7-6-8-10-18/h1,6-14,16,23,27,30H,15H2,2-4H3/p+1. The van der Waals surface area contributed by atoms with Gasteiger partial charge < -0.3 is 9.84 Å². The molecular formula is C27H26FNO5P+. The number of ether oxygens (including phenoxy) is 1. The van der Waals surface area contributed by atoms with Gasteiger partial charge in [0.05, 0.1) is 17.8 Å². The minimum absolute atomic E-state index is 0.213. The summed E-state index contributed by atoms with van der Waals surface area (Å²) in [5, 5.41) is 10.9. The summed E-state index contributed by atoms with van der Waals surface area (Å²) in [6.07, 6.45) is 4.57. The third-order valence-corrected chi connectivity index (χ3v) is 6.71. The number of aliphatic hydroxyl groups is 1. The summed E-state index contributed by atoms with van der Waals surface area (Å²) in [4.78, 5) is 27.1. The van der Waals surface area contributed by atoms with Crippen LogP contribution >= 0.6 is 8.03 Å². The van der Waals surface area contributed by atoms with E-state index in [1.54, 1.807) is 25.2 Å². The topological polar surface area (TPSA) is 96.7 Å².